The van der Waals surface area contributed by atoms with Crippen LogP contribution < -0.4 is 10.6 Å². The highest BCUT2D eigenvalue weighted by Crippen LogP contribution is 2.69. The summed E-state index contributed by atoms with van der Waals surface area (Å²) in [5.41, 5.74) is 4.89. The van der Waals surface area contributed by atoms with E-state index in [0.29, 0.717) is 29.9 Å². The number of fused-ring (bicyclic) bond motifs is 9. The smallest absolute Gasteiger partial charge is 0.250 e. The van der Waals surface area contributed by atoms with Crippen LogP contribution in [0.2, 0.25) is 0 Å². The van der Waals surface area contributed by atoms with Gasteiger partial charge >= 0.3 is 0 Å². The third-order valence-corrected chi connectivity index (χ3v) is 9.82. The number of amides is 2. The molecule has 4 atom stereocenters. The summed E-state index contributed by atoms with van der Waals surface area (Å²) in [5, 5.41) is 6.29. The zero-order chi connectivity index (χ0) is 28.1. The van der Waals surface area contributed by atoms with E-state index in [4.69, 9.17) is 0 Å². The zero-order valence-electron chi connectivity index (χ0n) is 22.9. The zero-order valence-corrected chi connectivity index (χ0v) is 22.9. The van der Waals surface area contributed by atoms with Gasteiger partial charge in [-0.15, -0.1) is 0 Å². The van der Waals surface area contributed by atoms with Crippen LogP contribution in [0.1, 0.15) is 49.8 Å². The molecule has 4 aliphatic rings. The largest absolute Gasteiger partial charge is 0.325 e. The first kappa shape index (κ1) is 24.3. The number of ketones is 1. The Hall–Kier alpha value is -4.55. The number of rotatable bonds is 2. The Morgan fingerprint density at radius 3 is 2.29 bits per heavy atom. The van der Waals surface area contributed by atoms with Crippen LogP contribution in [0.3, 0.4) is 0 Å². The van der Waals surface area contributed by atoms with Gasteiger partial charge in [-0.3, -0.25) is 19.3 Å². The molecule has 6 nitrogen and oxygen atoms in total. The molecule has 4 aliphatic heterocycles. The third-order valence-electron chi connectivity index (χ3n) is 9.82. The number of hydrogen-bond acceptors (Lipinski definition) is 4. The lowest BCUT2D eigenvalue weighted by Gasteiger charge is -2.42. The first-order valence-electron chi connectivity index (χ1n) is 14.2. The van der Waals surface area contributed by atoms with Gasteiger partial charge in [-0.1, -0.05) is 90.0 Å². The van der Waals surface area contributed by atoms with Crippen molar-refractivity contribution in [2.24, 2.45) is 5.92 Å². The molecule has 0 radical (unpaired) electrons. The van der Waals surface area contributed by atoms with Gasteiger partial charge in [-0.2, -0.15) is 0 Å². The Morgan fingerprint density at radius 2 is 1.46 bits per heavy atom. The minimum absolute atomic E-state index is 0.201. The summed E-state index contributed by atoms with van der Waals surface area (Å²) in [4.78, 5) is 46.7. The number of nitrogens with zero attached hydrogens (tertiary/aromatic N) is 1. The Balaban J connectivity index is 1.53. The summed E-state index contributed by atoms with van der Waals surface area (Å²) in [5.74, 6) is -1.70. The minimum atomic E-state index is -1.38. The van der Waals surface area contributed by atoms with Crippen LogP contribution in [0, 0.1) is 19.8 Å². The van der Waals surface area contributed by atoms with Crippen LogP contribution in [-0.4, -0.2) is 29.0 Å². The van der Waals surface area contributed by atoms with Gasteiger partial charge in [-0.25, -0.2) is 0 Å². The average Bonchev–Trinajstić information content (AvgIpc) is 3.55. The second-order valence-electron chi connectivity index (χ2n) is 11.8. The van der Waals surface area contributed by atoms with Crippen molar-refractivity contribution < 1.29 is 14.4 Å². The number of anilines is 2. The normalized spacial score (nSPS) is 27.3. The molecule has 4 aromatic carbocycles. The molecule has 41 heavy (non-hydrogen) atoms. The first-order chi connectivity index (χ1) is 19.9. The Bertz CT molecular complexity index is 1810. The second-order valence-corrected chi connectivity index (χ2v) is 11.8. The number of nitrogens with one attached hydrogen (secondary N) is 2. The van der Waals surface area contributed by atoms with Crippen LogP contribution in [-0.2, 0) is 27.0 Å². The maximum absolute atomic E-state index is 15.1. The number of hydrogen-bond donors (Lipinski definition) is 2. The SMILES string of the molecule is Cc1ccc(C(=O)[C@@H]2[C@@]3(C(=O)Nc4ccccc43)[C@H]3c4ccccc4CCN3[C@@]23C(=O)Nc2ccc(C)cc23)cc1. The van der Waals surface area contributed by atoms with Gasteiger partial charge in [0.05, 0.1) is 12.0 Å². The van der Waals surface area contributed by atoms with E-state index >= 15 is 4.79 Å². The van der Waals surface area contributed by atoms with E-state index in [2.05, 4.69) is 27.7 Å². The van der Waals surface area contributed by atoms with Crippen molar-refractivity contribution in [2.75, 3.05) is 17.2 Å². The quantitative estimate of drug-likeness (QED) is 0.332. The average molecular weight is 540 g/mol. The third kappa shape index (κ3) is 2.88. The molecule has 4 aromatic rings. The fraction of sp³-hybridized carbons (Fsp3) is 0.229. The number of aryl methyl sites for hydroxylation is 2. The standard InChI is InChI=1S/C35H29N3O3/c1-20-11-14-23(15-12-20)29(39)30-34(25-9-5-6-10-27(25)36-32(34)40)31-24-8-4-3-7-22(24)17-18-38(31)35(30)26-19-21(2)13-16-28(26)37-33(35)41/h3-16,19,30-31H,17-18H2,1-2H3,(H,36,40)(H,37,41)/t30-,31-,34-,35-/m1/s1. The molecule has 0 aliphatic carbocycles. The van der Waals surface area contributed by atoms with Crippen LogP contribution in [0.4, 0.5) is 11.4 Å². The van der Waals surface area contributed by atoms with Crippen molar-refractivity contribution in [1.82, 2.24) is 4.90 Å². The Kier molecular flexibility index (Phi) is 4.88. The molecule has 2 N–H and O–H groups in total. The number of benzene rings is 4. The van der Waals surface area contributed by atoms with E-state index in [0.717, 1.165) is 33.4 Å². The molecular formula is C35H29N3O3. The van der Waals surface area contributed by atoms with Crippen molar-refractivity contribution in [3.05, 3.63) is 130 Å². The fourth-order valence-corrected chi connectivity index (χ4v) is 8.22. The minimum Gasteiger partial charge on any atom is -0.325 e. The van der Waals surface area contributed by atoms with Gasteiger partial charge in [0.25, 0.3) is 0 Å². The molecule has 202 valence electrons. The maximum Gasteiger partial charge on any atom is 0.250 e. The van der Waals surface area contributed by atoms with Crippen LogP contribution in [0.5, 0.6) is 0 Å². The summed E-state index contributed by atoms with van der Waals surface area (Å²) in [6.45, 7) is 4.52. The van der Waals surface area contributed by atoms with E-state index in [9.17, 15) is 9.59 Å². The lowest BCUT2D eigenvalue weighted by Crippen LogP contribution is -2.55. The van der Waals surface area contributed by atoms with Crippen LogP contribution in [0.25, 0.3) is 0 Å². The van der Waals surface area contributed by atoms with Gasteiger partial charge in [0.2, 0.25) is 11.8 Å². The molecular weight excluding hydrogens is 510 g/mol. The summed E-state index contributed by atoms with van der Waals surface area (Å²) in [6.07, 6.45) is 0.716. The number of carbonyl (C=O) groups excluding carboxylic acids is 3. The molecule has 0 unspecified atom stereocenters. The highest BCUT2D eigenvalue weighted by molar-refractivity contribution is 6.19. The molecule has 1 saturated heterocycles. The lowest BCUT2D eigenvalue weighted by atomic mass is 9.59. The Morgan fingerprint density at radius 1 is 0.780 bits per heavy atom. The molecule has 2 spiro atoms. The van der Waals surface area contributed by atoms with Gasteiger partial charge in [0.1, 0.15) is 11.0 Å². The molecule has 2 amide bonds. The molecule has 0 aromatic heterocycles. The van der Waals surface area contributed by atoms with Gasteiger partial charge in [-0.05, 0) is 49.1 Å². The second kappa shape index (κ2) is 8.24. The van der Waals surface area contributed by atoms with E-state index in [-0.39, 0.29) is 17.6 Å². The van der Waals surface area contributed by atoms with Crippen molar-refractivity contribution in [2.45, 2.75) is 37.3 Å². The van der Waals surface area contributed by atoms with Gasteiger partial charge in [0.15, 0.2) is 5.78 Å². The van der Waals surface area contributed by atoms with Crippen LogP contribution in [0.15, 0.2) is 91.0 Å². The number of Topliss-reactive ketones (excluding diaryl/α,β-unsaturated/α-hetero) is 1. The topological polar surface area (TPSA) is 78.5 Å². The summed E-state index contributed by atoms with van der Waals surface area (Å²) >= 11 is 0. The van der Waals surface area contributed by atoms with Gasteiger partial charge in [0, 0.05) is 29.0 Å². The van der Waals surface area contributed by atoms with Crippen LogP contribution >= 0.6 is 0 Å². The molecule has 1 fully saturated rings. The van der Waals surface area contributed by atoms with E-state index < -0.39 is 22.9 Å². The number of carbonyl (C=O) groups is 3. The summed E-state index contributed by atoms with van der Waals surface area (Å²) in [7, 11) is 0. The summed E-state index contributed by atoms with van der Waals surface area (Å²) < 4.78 is 0. The first-order valence-corrected chi connectivity index (χ1v) is 14.2. The monoisotopic (exact) mass is 539 g/mol. The van der Waals surface area contributed by atoms with Crippen molar-refractivity contribution in [3.63, 3.8) is 0 Å². The molecule has 0 saturated carbocycles. The molecule has 4 heterocycles. The fourth-order valence-electron chi connectivity index (χ4n) is 8.22. The highest BCUT2D eigenvalue weighted by atomic mass is 16.2. The molecule has 6 heteroatoms. The Labute approximate surface area is 238 Å². The predicted octanol–water partition coefficient (Wildman–Crippen LogP) is 5.45. The highest BCUT2D eigenvalue weighted by Gasteiger charge is 2.79. The van der Waals surface area contributed by atoms with Crippen molar-refractivity contribution >= 4 is 29.0 Å². The maximum atomic E-state index is 15.1. The van der Waals surface area contributed by atoms with Gasteiger partial charge < -0.3 is 10.6 Å². The predicted molar refractivity (Wildman–Crippen MR) is 157 cm³/mol. The van der Waals surface area contributed by atoms with Crippen molar-refractivity contribution in [3.8, 4) is 0 Å². The van der Waals surface area contributed by atoms with Crippen molar-refractivity contribution in [1.29, 1.82) is 0 Å². The summed E-state index contributed by atoms with van der Waals surface area (Å²) in [6, 6.07) is 28.7. The van der Waals surface area contributed by atoms with E-state index in [1.165, 1.54) is 0 Å². The van der Waals surface area contributed by atoms with E-state index in [1.54, 1.807) is 0 Å². The molecule has 8 rings (SSSR count). The van der Waals surface area contributed by atoms with E-state index in [1.807, 2.05) is 92.7 Å². The lowest BCUT2D eigenvalue weighted by molar-refractivity contribution is -0.128. The molecule has 0 bridgehead atoms. The number of para-hydroxylation sites is 1.